The van der Waals surface area contributed by atoms with E-state index in [1.54, 1.807) is 0 Å². The zero-order valence-corrected chi connectivity index (χ0v) is 7.92. The molecule has 0 saturated carbocycles. The third-order valence-electron chi connectivity index (χ3n) is 1.01. The topological polar surface area (TPSA) is 12.0 Å². The largest absolute Gasteiger partial charge is 1.00 e. The summed E-state index contributed by atoms with van der Waals surface area (Å²) in [7, 11) is 0. The van der Waals surface area contributed by atoms with Crippen molar-refractivity contribution in [2.45, 2.75) is 12.8 Å². The SMILES string of the molecule is [Na+].[S-]C1=CCCCN1. The van der Waals surface area contributed by atoms with Gasteiger partial charge in [0.15, 0.2) is 0 Å². The molecule has 1 aliphatic rings. The second-order valence-electron chi connectivity index (χ2n) is 1.64. The van der Waals surface area contributed by atoms with Crippen molar-refractivity contribution < 1.29 is 29.6 Å². The van der Waals surface area contributed by atoms with Gasteiger partial charge in [0.05, 0.1) is 0 Å². The molecule has 1 rings (SSSR count). The fraction of sp³-hybridized carbons (Fsp3) is 0.600. The van der Waals surface area contributed by atoms with Crippen LogP contribution in [0.25, 0.3) is 0 Å². The quantitative estimate of drug-likeness (QED) is 0.299. The van der Waals surface area contributed by atoms with Gasteiger partial charge in [-0.25, -0.2) is 0 Å². The van der Waals surface area contributed by atoms with Gasteiger partial charge in [0, 0.05) is 6.54 Å². The zero-order chi connectivity index (χ0) is 5.11. The van der Waals surface area contributed by atoms with Gasteiger partial charge in [-0.3, -0.25) is 0 Å². The second-order valence-corrected chi connectivity index (χ2v) is 2.08. The molecule has 3 heteroatoms. The van der Waals surface area contributed by atoms with E-state index in [-0.39, 0.29) is 29.6 Å². The van der Waals surface area contributed by atoms with Crippen molar-refractivity contribution >= 4 is 12.6 Å². The Kier molecular flexibility index (Phi) is 5.06. The van der Waals surface area contributed by atoms with Gasteiger partial charge >= 0.3 is 29.6 Å². The Morgan fingerprint density at radius 3 is 2.62 bits per heavy atom. The molecule has 1 heterocycles. The molecule has 0 saturated heterocycles. The van der Waals surface area contributed by atoms with Gasteiger partial charge in [-0.1, -0.05) is 6.08 Å². The molecule has 8 heavy (non-hydrogen) atoms. The van der Waals surface area contributed by atoms with Crippen molar-refractivity contribution in [1.29, 1.82) is 0 Å². The molecule has 0 aromatic rings. The summed E-state index contributed by atoms with van der Waals surface area (Å²) >= 11 is 4.84. The van der Waals surface area contributed by atoms with Gasteiger partial charge in [-0.2, -0.15) is 0 Å². The van der Waals surface area contributed by atoms with E-state index in [0.29, 0.717) is 0 Å². The first-order chi connectivity index (χ1) is 3.39. The van der Waals surface area contributed by atoms with Crippen molar-refractivity contribution in [2.75, 3.05) is 6.54 Å². The normalized spacial score (nSPS) is 17.8. The maximum absolute atomic E-state index is 4.84. The van der Waals surface area contributed by atoms with Gasteiger partial charge < -0.3 is 17.9 Å². The minimum absolute atomic E-state index is 0. The molecule has 40 valence electrons. The van der Waals surface area contributed by atoms with Crippen LogP contribution >= 0.6 is 0 Å². The average molecular weight is 137 g/mol. The van der Waals surface area contributed by atoms with Gasteiger partial charge in [0.1, 0.15) is 0 Å². The van der Waals surface area contributed by atoms with Crippen molar-refractivity contribution in [1.82, 2.24) is 5.32 Å². The van der Waals surface area contributed by atoms with Crippen LogP contribution in [-0.4, -0.2) is 6.54 Å². The standard InChI is InChI=1S/C5H9NS.Na/c7-5-3-1-2-4-6-5;/h3,6-7H,1-2,4H2;/q;+1/p-1. The summed E-state index contributed by atoms with van der Waals surface area (Å²) in [4.78, 5) is 0. The third kappa shape index (κ3) is 2.92. The van der Waals surface area contributed by atoms with Crippen LogP contribution in [0.2, 0.25) is 0 Å². The van der Waals surface area contributed by atoms with E-state index in [4.69, 9.17) is 12.6 Å². The van der Waals surface area contributed by atoms with E-state index in [1.165, 1.54) is 6.42 Å². The Labute approximate surface area is 77.6 Å². The number of rotatable bonds is 0. The maximum Gasteiger partial charge on any atom is 1.00 e. The molecule has 0 bridgehead atoms. The fourth-order valence-electron chi connectivity index (χ4n) is 0.619. The summed E-state index contributed by atoms with van der Waals surface area (Å²) in [5.74, 6) is 0. The van der Waals surface area contributed by atoms with E-state index < -0.39 is 0 Å². The Morgan fingerprint density at radius 2 is 2.38 bits per heavy atom. The van der Waals surface area contributed by atoms with Crippen LogP contribution in [0.1, 0.15) is 12.8 Å². The molecule has 1 N–H and O–H groups in total. The molecule has 1 aliphatic heterocycles. The number of hydrogen-bond acceptors (Lipinski definition) is 2. The summed E-state index contributed by atoms with van der Waals surface area (Å²) in [6.45, 7) is 1.06. The molecule has 1 nitrogen and oxygen atoms in total. The first-order valence-electron chi connectivity index (χ1n) is 2.50. The summed E-state index contributed by atoms with van der Waals surface area (Å²) in [6, 6.07) is 0. The molecule has 0 aliphatic carbocycles. The van der Waals surface area contributed by atoms with Crippen LogP contribution in [0.4, 0.5) is 0 Å². The van der Waals surface area contributed by atoms with Gasteiger partial charge in [-0.05, 0) is 12.8 Å². The predicted octanol–water partition coefficient (Wildman–Crippen LogP) is -2.24. The molecule has 0 amide bonds. The van der Waals surface area contributed by atoms with Crippen LogP contribution in [0, 0.1) is 0 Å². The Morgan fingerprint density at radius 1 is 1.62 bits per heavy atom. The van der Waals surface area contributed by atoms with E-state index in [9.17, 15) is 0 Å². The van der Waals surface area contributed by atoms with Crippen LogP contribution in [0.15, 0.2) is 11.1 Å². The first kappa shape index (κ1) is 8.76. The second kappa shape index (κ2) is 4.62. The Bertz CT molecular complexity index is 92.4. The smallest absolute Gasteiger partial charge is 0.763 e. The molecular formula is C5H8NNaS. The Balaban J connectivity index is 0.000000490. The fourth-order valence-corrected chi connectivity index (χ4v) is 0.839. The van der Waals surface area contributed by atoms with E-state index in [2.05, 4.69) is 11.4 Å². The van der Waals surface area contributed by atoms with Crippen molar-refractivity contribution in [3.63, 3.8) is 0 Å². The zero-order valence-electron chi connectivity index (χ0n) is 5.11. The summed E-state index contributed by atoms with van der Waals surface area (Å²) in [5, 5.41) is 3.98. The summed E-state index contributed by atoms with van der Waals surface area (Å²) < 4.78 is 0. The number of nitrogens with one attached hydrogen (secondary N) is 1. The van der Waals surface area contributed by atoms with Crippen molar-refractivity contribution in [2.24, 2.45) is 0 Å². The van der Waals surface area contributed by atoms with Crippen LogP contribution in [-0.2, 0) is 12.6 Å². The molecule has 0 aromatic heterocycles. The van der Waals surface area contributed by atoms with E-state index >= 15 is 0 Å². The van der Waals surface area contributed by atoms with E-state index in [1.807, 2.05) is 0 Å². The molecular weight excluding hydrogens is 129 g/mol. The predicted molar refractivity (Wildman–Crippen MR) is 32.7 cm³/mol. The Hall–Kier alpha value is 0.760. The number of allylic oxidation sites excluding steroid dienone is 1. The molecule has 0 aromatic carbocycles. The third-order valence-corrected chi connectivity index (χ3v) is 1.32. The minimum atomic E-state index is 0. The van der Waals surface area contributed by atoms with Crippen molar-refractivity contribution in [3.05, 3.63) is 11.1 Å². The summed E-state index contributed by atoms with van der Waals surface area (Å²) in [5.41, 5.74) is 0. The van der Waals surface area contributed by atoms with Crippen LogP contribution in [0.5, 0.6) is 0 Å². The molecule has 0 radical (unpaired) electrons. The van der Waals surface area contributed by atoms with Crippen LogP contribution < -0.4 is 34.9 Å². The van der Waals surface area contributed by atoms with Crippen LogP contribution in [0.3, 0.4) is 0 Å². The average Bonchev–Trinajstić information content (AvgIpc) is 1.69. The molecule has 0 atom stereocenters. The molecule has 0 unspecified atom stereocenters. The molecule has 0 spiro atoms. The van der Waals surface area contributed by atoms with Gasteiger partial charge in [0.2, 0.25) is 0 Å². The monoisotopic (exact) mass is 137 g/mol. The first-order valence-corrected chi connectivity index (χ1v) is 2.91. The van der Waals surface area contributed by atoms with Crippen molar-refractivity contribution in [3.8, 4) is 0 Å². The summed E-state index contributed by atoms with van der Waals surface area (Å²) in [6.07, 6.45) is 4.45. The molecule has 0 fully saturated rings. The van der Waals surface area contributed by atoms with Gasteiger partial charge in [0.25, 0.3) is 0 Å². The van der Waals surface area contributed by atoms with E-state index in [0.717, 1.165) is 18.0 Å². The number of hydrogen-bond donors (Lipinski definition) is 1. The minimum Gasteiger partial charge on any atom is -0.763 e. The maximum atomic E-state index is 4.84. The van der Waals surface area contributed by atoms with Gasteiger partial charge in [-0.15, -0.1) is 5.03 Å².